The second-order valence-corrected chi connectivity index (χ2v) is 5.81. The number of aromatic nitrogens is 2. The molecule has 0 fully saturated rings. The molecular weight excluding hydrogens is 248 g/mol. The van der Waals surface area contributed by atoms with E-state index in [0.29, 0.717) is 5.65 Å². The van der Waals surface area contributed by atoms with Crippen LogP contribution in [0.1, 0.15) is 0 Å². The Kier molecular flexibility index (Phi) is 2.41. The molecule has 0 atom stereocenters. The molecule has 0 aliphatic rings. The van der Waals surface area contributed by atoms with E-state index in [4.69, 9.17) is 0 Å². The van der Waals surface area contributed by atoms with E-state index in [2.05, 4.69) is 9.97 Å². The van der Waals surface area contributed by atoms with Crippen LogP contribution in [0.25, 0.3) is 11.0 Å². The number of sulfone groups is 1. The van der Waals surface area contributed by atoms with Crippen molar-refractivity contribution in [3.63, 3.8) is 0 Å². The fourth-order valence-electron chi connectivity index (χ4n) is 1.80. The van der Waals surface area contributed by atoms with Crippen molar-refractivity contribution in [3.05, 3.63) is 54.7 Å². The Morgan fingerprint density at radius 3 is 2.50 bits per heavy atom. The zero-order chi connectivity index (χ0) is 12.6. The second kappa shape index (κ2) is 3.96. The van der Waals surface area contributed by atoms with Gasteiger partial charge >= 0.3 is 0 Å². The van der Waals surface area contributed by atoms with Gasteiger partial charge in [-0.2, -0.15) is 0 Å². The highest BCUT2D eigenvalue weighted by molar-refractivity contribution is 7.91. The lowest BCUT2D eigenvalue weighted by Gasteiger charge is -2.00. The quantitative estimate of drug-likeness (QED) is 0.767. The Morgan fingerprint density at radius 1 is 1.00 bits per heavy atom. The first-order valence-corrected chi connectivity index (χ1v) is 6.90. The van der Waals surface area contributed by atoms with Gasteiger partial charge in [-0.3, -0.25) is 0 Å². The van der Waals surface area contributed by atoms with Crippen molar-refractivity contribution < 1.29 is 8.42 Å². The smallest absolute Gasteiger partial charge is 0.221 e. The number of nitrogens with zero attached hydrogens (tertiary/aromatic N) is 1. The van der Waals surface area contributed by atoms with E-state index in [1.807, 2.05) is 6.07 Å². The summed E-state index contributed by atoms with van der Waals surface area (Å²) in [5.74, 6) is 0. The lowest BCUT2D eigenvalue weighted by Crippen LogP contribution is -2.01. The van der Waals surface area contributed by atoms with E-state index in [1.54, 1.807) is 48.7 Å². The summed E-state index contributed by atoms with van der Waals surface area (Å²) < 4.78 is 24.7. The Hall–Kier alpha value is -2.14. The van der Waals surface area contributed by atoms with Gasteiger partial charge in [0.2, 0.25) is 9.84 Å². The van der Waals surface area contributed by atoms with E-state index in [1.165, 1.54) is 0 Å². The van der Waals surface area contributed by atoms with Gasteiger partial charge in [-0.25, -0.2) is 13.4 Å². The lowest BCUT2D eigenvalue weighted by molar-refractivity contribution is 0.593. The summed E-state index contributed by atoms with van der Waals surface area (Å²) in [5, 5.41) is 0.953. The third-order valence-corrected chi connectivity index (χ3v) is 4.40. The number of fused-ring (bicyclic) bond motifs is 1. The largest absolute Gasteiger partial charge is 0.330 e. The topological polar surface area (TPSA) is 62.8 Å². The summed E-state index contributed by atoms with van der Waals surface area (Å²) in [6.45, 7) is 0. The van der Waals surface area contributed by atoms with Crippen molar-refractivity contribution in [1.82, 2.24) is 9.97 Å². The number of H-pyrrole nitrogens is 1. The molecule has 1 aromatic carbocycles. The number of rotatable bonds is 2. The number of pyridine rings is 1. The van der Waals surface area contributed by atoms with Gasteiger partial charge in [0.05, 0.1) is 4.90 Å². The molecule has 0 saturated heterocycles. The molecule has 3 rings (SSSR count). The molecule has 90 valence electrons. The van der Waals surface area contributed by atoms with Crippen molar-refractivity contribution in [2.24, 2.45) is 0 Å². The molecular formula is C13H10N2O2S. The minimum atomic E-state index is -3.50. The fourth-order valence-corrected chi connectivity index (χ4v) is 3.09. The Morgan fingerprint density at radius 2 is 1.78 bits per heavy atom. The number of benzene rings is 1. The highest BCUT2D eigenvalue weighted by atomic mass is 32.2. The van der Waals surface area contributed by atoms with Gasteiger partial charge in [-0.1, -0.05) is 18.2 Å². The molecule has 18 heavy (non-hydrogen) atoms. The molecule has 0 radical (unpaired) electrons. The molecule has 2 aromatic heterocycles. The summed E-state index contributed by atoms with van der Waals surface area (Å²) >= 11 is 0. The summed E-state index contributed by atoms with van der Waals surface area (Å²) in [7, 11) is -3.50. The third kappa shape index (κ3) is 1.69. The molecule has 0 unspecified atom stereocenters. The first-order chi connectivity index (χ1) is 8.68. The van der Waals surface area contributed by atoms with Crippen molar-refractivity contribution in [2.75, 3.05) is 0 Å². The Labute approximate surface area is 104 Å². The van der Waals surface area contributed by atoms with E-state index >= 15 is 0 Å². The number of nitrogens with one attached hydrogen (secondary N) is 1. The van der Waals surface area contributed by atoms with Crippen molar-refractivity contribution in [3.8, 4) is 0 Å². The average Bonchev–Trinajstić information content (AvgIpc) is 2.84. The Bertz CT molecular complexity index is 759. The van der Waals surface area contributed by atoms with Gasteiger partial charge in [0, 0.05) is 11.6 Å². The maximum absolute atomic E-state index is 12.3. The Balaban J connectivity index is 2.20. The molecule has 0 amide bonds. The molecule has 0 aliphatic heterocycles. The van der Waals surface area contributed by atoms with Crippen LogP contribution >= 0.6 is 0 Å². The number of hydrogen-bond acceptors (Lipinski definition) is 3. The first kappa shape index (κ1) is 11.0. The molecule has 0 saturated carbocycles. The minimum Gasteiger partial charge on any atom is -0.330 e. The summed E-state index contributed by atoms with van der Waals surface area (Å²) in [4.78, 5) is 7.20. The average molecular weight is 258 g/mol. The number of hydrogen-bond donors (Lipinski definition) is 1. The second-order valence-electron chi connectivity index (χ2n) is 3.89. The molecule has 2 heterocycles. The third-order valence-electron chi connectivity index (χ3n) is 2.71. The van der Waals surface area contributed by atoms with Crippen LogP contribution < -0.4 is 0 Å². The van der Waals surface area contributed by atoms with Crippen LogP contribution in [0, 0.1) is 0 Å². The van der Waals surface area contributed by atoms with E-state index in [-0.39, 0.29) is 9.92 Å². The van der Waals surface area contributed by atoms with Gasteiger partial charge < -0.3 is 4.98 Å². The van der Waals surface area contributed by atoms with Gasteiger partial charge in [0.15, 0.2) is 0 Å². The van der Waals surface area contributed by atoms with Gasteiger partial charge in [-0.05, 0) is 30.3 Å². The van der Waals surface area contributed by atoms with Crippen LogP contribution in [0.4, 0.5) is 0 Å². The highest BCUT2D eigenvalue weighted by Crippen LogP contribution is 2.22. The van der Waals surface area contributed by atoms with Crippen molar-refractivity contribution >= 4 is 20.9 Å². The first-order valence-electron chi connectivity index (χ1n) is 5.42. The fraction of sp³-hybridized carbons (Fsp3) is 0. The van der Waals surface area contributed by atoms with Crippen LogP contribution in [-0.4, -0.2) is 18.4 Å². The molecule has 3 aromatic rings. The summed E-state index contributed by atoms with van der Waals surface area (Å²) in [5.41, 5.74) is 0.576. The van der Waals surface area contributed by atoms with Crippen LogP contribution in [0.15, 0.2) is 64.6 Å². The minimum absolute atomic E-state index is 0.169. The summed E-state index contributed by atoms with van der Waals surface area (Å²) in [6.07, 6.45) is 1.62. The van der Waals surface area contributed by atoms with Crippen LogP contribution in [-0.2, 0) is 9.84 Å². The van der Waals surface area contributed by atoms with Crippen LogP contribution in [0.3, 0.4) is 0 Å². The van der Waals surface area contributed by atoms with Gasteiger partial charge in [0.25, 0.3) is 0 Å². The molecule has 1 N–H and O–H groups in total. The van der Waals surface area contributed by atoms with Crippen LogP contribution in [0.2, 0.25) is 0 Å². The molecule has 0 bridgehead atoms. The molecule has 4 nitrogen and oxygen atoms in total. The highest BCUT2D eigenvalue weighted by Gasteiger charge is 2.19. The van der Waals surface area contributed by atoms with Crippen molar-refractivity contribution in [2.45, 2.75) is 9.92 Å². The standard InChI is InChI=1S/C13H10N2O2S/c16-18(17,11-6-2-1-3-7-11)12-9-10-5-4-8-14-13(10)15-12/h1-9H,(H,14,15). The zero-order valence-corrected chi connectivity index (χ0v) is 10.2. The predicted octanol–water partition coefficient (Wildman–Crippen LogP) is 2.40. The zero-order valence-electron chi connectivity index (χ0n) is 9.37. The predicted molar refractivity (Wildman–Crippen MR) is 68.0 cm³/mol. The molecule has 0 aliphatic carbocycles. The van der Waals surface area contributed by atoms with E-state index in [0.717, 1.165) is 5.39 Å². The SMILES string of the molecule is O=S(=O)(c1ccccc1)c1cc2cccnc2[nH]1. The van der Waals surface area contributed by atoms with Gasteiger partial charge in [0.1, 0.15) is 10.7 Å². The van der Waals surface area contributed by atoms with E-state index in [9.17, 15) is 8.42 Å². The normalized spacial score (nSPS) is 11.8. The maximum Gasteiger partial charge on any atom is 0.221 e. The van der Waals surface area contributed by atoms with Crippen molar-refractivity contribution in [1.29, 1.82) is 0 Å². The maximum atomic E-state index is 12.3. The molecule has 0 spiro atoms. The van der Waals surface area contributed by atoms with Gasteiger partial charge in [-0.15, -0.1) is 0 Å². The van der Waals surface area contributed by atoms with E-state index < -0.39 is 9.84 Å². The molecule has 5 heteroatoms. The number of aromatic amines is 1. The van der Waals surface area contributed by atoms with Crippen LogP contribution in [0.5, 0.6) is 0 Å². The monoisotopic (exact) mass is 258 g/mol. The summed E-state index contributed by atoms with van der Waals surface area (Å²) in [6, 6.07) is 13.5. The lowest BCUT2D eigenvalue weighted by atomic mass is 10.3.